The van der Waals surface area contributed by atoms with E-state index in [1.807, 2.05) is 6.07 Å². The van der Waals surface area contributed by atoms with E-state index >= 15 is 0 Å². The van der Waals surface area contributed by atoms with Crippen LogP contribution in [-0.4, -0.2) is 11.6 Å². The standard InChI is InChI=1S/C15H18O2/c16-14-9-11-15(17-14)10-5-4-8-13(15)12-6-2-1-3-7-12/h1-3,6-7,13H,4-5,8-11H2/t13-,15+/m0/s1. The van der Waals surface area contributed by atoms with Gasteiger partial charge >= 0.3 is 5.97 Å². The summed E-state index contributed by atoms with van der Waals surface area (Å²) in [6.07, 6.45) is 6.14. The van der Waals surface area contributed by atoms with Crippen molar-refractivity contribution in [3.63, 3.8) is 0 Å². The molecule has 90 valence electrons. The Morgan fingerprint density at radius 2 is 1.94 bits per heavy atom. The predicted octanol–water partition coefficient (Wildman–Crippen LogP) is 3.42. The van der Waals surface area contributed by atoms with Crippen LogP contribution in [0, 0.1) is 0 Å². The lowest BCUT2D eigenvalue weighted by Crippen LogP contribution is -2.38. The highest BCUT2D eigenvalue weighted by molar-refractivity contribution is 5.72. The van der Waals surface area contributed by atoms with Gasteiger partial charge in [0.15, 0.2) is 0 Å². The van der Waals surface area contributed by atoms with Crippen LogP contribution < -0.4 is 0 Å². The van der Waals surface area contributed by atoms with Crippen molar-refractivity contribution in [3.05, 3.63) is 35.9 Å². The molecular formula is C15H18O2. The maximum atomic E-state index is 11.5. The van der Waals surface area contributed by atoms with Gasteiger partial charge in [0.1, 0.15) is 5.60 Å². The van der Waals surface area contributed by atoms with Gasteiger partial charge in [0, 0.05) is 12.3 Å². The first-order valence-corrected chi connectivity index (χ1v) is 6.57. The average molecular weight is 230 g/mol. The van der Waals surface area contributed by atoms with Crippen LogP contribution in [0.1, 0.15) is 50.0 Å². The number of ether oxygens (including phenoxy) is 1. The van der Waals surface area contributed by atoms with Crippen molar-refractivity contribution in [2.75, 3.05) is 0 Å². The van der Waals surface area contributed by atoms with Gasteiger partial charge in [0.25, 0.3) is 0 Å². The maximum absolute atomic E-state index is 11.5. The van der Waals surface area contributed by atoms with Crippen LogP contribution in [-0.2, 0) is 9.53 Å². The molecule has 1 saturated heterocycles. The fourth-order valence-corrected chi connectivity index (χ4v) is 3.43. The van der Waals surface area contributed by atoms with E-state index in [2.05, 4.69) is 24.3 Å². The van der Waals surface area contributed by atoms with Crippen LogP contribution in [0.15, 0.2) is 30.3 Å². The summed E-state index contributed by atoms with van der Waals surface area (Å²) in [5.41, 5.74) is 1.15. The van der Waals surface area contributed by atoms with E-state index in [0.717, 1.165) is 19.3 Å². The summed E-state index contributed by atoms with van der Waals surface area (Å²) in [6, 6.07) is 10.5. The van der Waals surface area contributed by atoms with Crippen LogP contribution in [0.25, 0.3) is 0 Å². The minimum absolute atomic E-state index is 0.00664. The van der Waals surface area contributed by atoms with Gasteiger partial charge in [-0.25, -0.2) is 0 Å². The van der Waals surface area contributed by atoms with Crippen molar-refractivity contribution >= 4 is 5.97 Å². The number of hydrogen-bond donors (Lipinski definition) is 0. The lowest BCUT2D eigenvalue weighted by atomic mass is 9.71. The molecule has 2 atom stereocenters. The summed E-state index contributed by atoms with van der Waals surface area (Å²) in [6.45, 7) is 0. The van der Waals surface area contributed by atoms with Crippen molar-refractivity contribution in [2.24, 2.45) is 0 Å². The quantitative estimate of drug-likeness (QED) is 0.691. The van der Waals surface area contributed by atoms with E-state index in [4.69, 9.17) is 4.74 Å². The molecule has 0 bridgehead atoms. The van der Waals surface area contributed by atoms with Crippen LogP contribution in [0.4, 0.5) is 0 Å². The van der Waals surface area contributed by atoms with Gasteiger partial charge in [0.05, 0.1) is 0 Å². The van der Waals surface area contributed by atoms with Gasteiger partial charge in [0.2, 0.25) is 0 Å². The fraction of sp³-hybridized carbons (Fsp3) is 0.533. The summed E-state index contributed by atoms with van der Waals surface area (Å²) in [5, 5.41) is 0. The van der Waals surface area contributed by atoms with Gasteiger partial charge in [-0.15, -0.1) is 0 Å². The van der Waals surface area contributed by atoms with Crippen molar-refractivity contribution in [1.29, 1.82) is 0 Å². The van der Waals surface area contributed by atoms with Gasteiger partial charge in [-0.05, 0) is 31.2 Å². The van der Waals surface area contributed by atoms with Gasteiger partial charge in [-0.3, -0.25) is 4.79 Å². The minimum atomic E-state index is -0.184. The molecule has 1 heterocycles. The van der Waals surface area contributed by atoms with Crippen molar-refractivity contribution in [3.8, 4) is 0 Å². The molecule has 2 heteroatoms. The number of rotatable bonds is 1. The Bertz CT molecular complexity index is 412. The third-order valence-corrected chi connectivity index (χ3v) is 4.25. The third-order valence-electron chi connectivity index (χ3n) is 4.25. The number of carbonyl (C=O) groups excluding carboxylic acids is 1. The highest BCUT2D eigenvalue weighted by Gasteiger charge is 2.48. The van der Waals surface area contributed by atoms with E-state index in [9.17, 15) is 4.79 Å². The van der Waals surface area contributed by atoms with Crippen molar-refractivity contribution in [1.82, 2.24) is 0 Å². The van der Waals surface area contributed by atoms with Gasteiger partial charge in [-0.2, -0.15) is 0 Å². The highest BCUT2D eigenvalue weighted by atomic mass is 16.6. The van der Waals surface area contributed by atoms with Crippen LogP contribution in [0.5, 0.6) is 0 Å². The molecular weight excluding hydrogens is 212 g/mol. The molecule has 0 unspecified atom stereocenters. The molecule has 2 aliphatic rings. The maximum Gasteiger partial charge on any atom is 0.306 e. The summed E-state index contributed by atoms with van der Waals surface area (Å²) < 4.78 is 5.72. The predicted molar refractivity (Wildman–Crippen MR) is 65.7 cm³/mol. The van der Waals surface area contributed by atoms with Crippen molar-refractivity contribution in [2.45, 2.75) is 50.0 Å². The van der Waals surface area contributed by atoms with Crippen LogP contribution in [0.2, 0.25) is 0 Å². The second kappa shape index (κ2) is 4.17. The Hall–Kier alpha value is -1.31. The first-order valence-electron chi connectivity index (χ1n) is 6.57. The molecule has 1 saturated carbocycles. The zero-order valence-electron chi connectivity index (χ0n) is 10.0. The monoisotopic (exact) mass is 230 g/mol. The molecule has 0 radical (unpaired) electrons. The minimum Gasteiger partial charge on any atom is -0.458 e. The Morgan fingerprint density at radius 3 is 2.65 bits per heavy atom. The Labute approximate surface area is 102 Å². The van der Waals surface area contributed by atoms with Crippen molar-refractivity contribution < 1.29 is 9.53 Å². The summed E-state index contributed by atoms with van der Waals surface area (Å²) in [5.74, 6) is 0.400. The molecule has 17 heavy (non-hydrogen) atoms. The topological polar surface area (TPSA) is 26.3 Å². The zero-order valence-corrected chi connectivity index (χ0v) is 10.0. The third kappa shape index (κ3) is 1.86. The average Bonchev–Trinajstić information content (AvgIpc) is 2.73. The molecule has 2 nitrogen and oxygen atoms in total. The number of hydrogen-bond acceptors (Lipinski definition) is 2. The first kappa shape index (κ1) is 10.8. The molecule has 1 aromatic carbocycles. The lowest BCUT2D eigenvalue weighted by molar-refractivity contribution is -0.152. The molecule has 1 aliphatic carbocycles. The second-order valence-electron chi connectivity index (χ2n) is 5.25. The van der Waals surface area contributed by atoms with E-state index in [0.29, 0.717) is 12.3 Å². The Kier molecular flexibility index (Phi) is 2.65. The molecule has 1 aromatic rings. The van der Waals surface area contributed by atoms with Crippen LogP contribution >= 0.6 is 0 Å². The largest absolute Gasteiger partial charge is 0.458 e. The molecule has 0 aromatic heterocycles. The first-order chi connectivity index (χ1) is 8.30. The number of esters is 1. The molecule has 0 N–H and O–H groups in total. The zero-order chi connectivity index (χ0) is 11.7. The Morgan fingerprint density at radius 1 is 1.12 bits per heavy atom. The summed E-state index contributed by atoms with van der Waals surface area (Å²) >= 11 is 0. The van der Waals surface area contributed by atoms with E-state index in [1.165, 1.54) is 18.4 Å². The number of carbonyl (C=O) groups is 1. The van der Waals surface area contributed by atoms with E-state index < -0.39 is 0 Å². The smallest absolute Gasteiger partial charge is 0.306 e. The Balaban J connectivity index is 1.93. The highest BCUT2D eigenvalue weighted by Crippen LogP contribution is 2.48. The summed E-state index contributed by atoms with van der Waals surface area (Å²) in [4.78, 5) is 11.5. The number of benzene rings is 1. The van der Waals surface area contributed by atoms with E-state index in [1.54, 1.807) is 0 Å². The van der Waals surface area contributed by atoms with Crippen LogP contribution in [0.3, 0.4) is 0 Å². The SMILES string of the molecule is O=C1CC[C@@]2(CCCC[C@H]2c2ccccc2)O1. The van der Waals surface area contributed by atoms with Gasteiger partial charge in [-0.1, -0.05) is 36.8 Å². The normalized spacial score (nSPS) is 32.7. The molecule has 1 spiro atoms. The van der Waals surface area contributed by atoms with E-state index in [-0.39, 0.29) is 11.6 Å². The molecule has 0 amide bonds. The molecule has 3 rings (SSSR count). The second-order valence-corrected chi connectivity index (χ2v) is 5.25. The summed E-state index contributed by atoms with van der Waals surface area (Å²) in [7, 11) is 0. The molecule has 1 aliphatic heterocycles. The lowest BCUT2D eigenvalue weighted by Gasteiger charge is -2.40. The molecule has 2 fully saturated rings. The fourth-order valence-electron chi connectivity index (χ4n) is 3.43. The van der Waals surface area contributed by atoms with Gasteiger partial charge < -0.3 is 4.74 Å².